The van der Waals surface area contributed by atoms with E-state index < -0.39 is 14.6 Å². The van der Waals surface area contributed by atoms with E-state index in [4.69, 9.17) is 0 Å². The highest BCUT2D eigenvalue weighted by Gasteiger charge is 2.27. The van der Waals surface area contributed by atoms with E-state index in [-0.39, 0.29) is 5.75 Å². The lowest BCUT2D eigenvalue weighted by atomic mass is 9.98. The van der Waals surface area contributed by atoms with Gasteiger partial charge in [0.2, 0.25) is 0 Å². The van der Waals surface area contributed by atoms with Crippen molar-refractivity contribution in [1.29, 1.82) is 0 Å². The lowest BCUT2D eigenvalue weighted by molar-refractivity contribution is 0.398. The third-order valence-corrected chi connectivity index (χ3v) is 6.04. The van der Waals surface area contributed by atoms with Crippen molar-refractivity contribution in [1.82, 2.24) is 5.32 Å². The van der Waals surface area contributed by atoms with Crippen LogP contribution in [-0.2, 0) is 9.84 Å². The van der Waals surface area contributed by atoms with Crippen LogP contribution in [0.4, 0.5) is 0 Å². The summed E-state index contributed by atoms with van der Waals surface area (Å²) in [5.41, 5.74) is 1.18. The van der Waals surface area contributed by atoms with E-state index in [0.717, 1.165) is 13.0 Å². The number of hydrogen-bond donors (Lipinski definition) is 1. The largest absolute Gasteiger partial charge is 0.314 e. The van der Waals surface area contributed by atoms with Crippen molar-refractivity contribution in [2.45, 2.75) is 64.2 Å². The molecule has 0 saturated carbocycles. The van der Waals surface area contributed by atoms with Gasteiger partial charge in [0, 0.05) is 6.04 Å². The summed E-state index contributed by atoms with van der Waals surface area (Å²) in [6, 6.07) is 0.535. The van der Waals surface area contributed by atoms with E-state index in [1.807, 2.05) is 13.0 Å². The molecule has 0 aromatic carbocycles. The monoisotopic (exact) mass is 273 g/mol. The van der Waals surface area contributed by atoms with Gasteiger partial charge in [-0.15, -0.1) is 0 Å². The molecule has 3 nitrogen and oxygen atoms in total. The second-order valence-corrected chi connectivity index (χ2v) is 9.08. The average molecular weight is 273 g/mol. The number of piperidine rings is 1. The lowest BCUT2D eigenvalue weighted by Crippen LogP contribution is -2.34. The number of sulfone groups is 1. The second kappa shape index (κ2) is 6.20. The fourth-order valence-electron chi connectivity index (χ4n) is 2.07. The Morgan fingerprint density at radius 2 is 2.00 bits per heavy atom. The zero-order chi connectivity index (χ0) is 13.8. The molecule has 1 rings (SSSR count). The summed E-state index contributed by atoms with van der Waals surface area (Å²) in [6.45, 7) is 8.41. The summed E-state index contributed by atoms with van der Waals surface area (Å²) in [7, 11) is -3.03. The molecule has 1 aliphatic heterocycles. The SMILES string of the molecule is CC(=CCS(=O)(=O)C(C)(C)C)CC1CCCCN1. The highest BCUT2D eigenvalue weighted by Crippen LogP contribution is 2.18. The topological polar surface area (TPSA) is 46.2 Å². The predicted octanol–water partition coefficient (Wildman–Crippen LogP) is 2.68. The van der Waals surface area contributed by atoms with E-state index >= 15 is 0 Å². The van der Waals surface area contributed by atoms with Gasteiger partial charge in [-0.2, -0.15) is 0 Å². The summed E-state index contributed by atoms with van der Waals surface area (Å²) in [5.74, 6) is 0.162. The molecule has 1 atom stereocenters. The molecular formula is C14H27NO2S. The minimum Gasteiger partial charge on any atom is -0.314 e. The summed E-state index contributed by atoms with van der Waals surface area (Å²) in [4.78, 5) is 0. The quantitative estimate of drug-likeness (QED) is 0.801. The van der Waals surface area contributed by atoms with E-state index in [1.165, 1.54) is 24.8 Å². The first kappa shape index (κ1) is 15.7. The van der Waals surface area contributed by atoms with Gasteiger partial charge in [0.1, 0.15) is 0 Å². The molecule has 1 heterocycles. The maximum atomic E-state index is 12.0. The normalized spacial score (nSPS) is 23.1. The Morgan fingerprint density at radius 3 is 2.50 bits per heavy atom. The standard InChI is InChI=1S/C14H27NO2S/c1-12(11-13-7-5-6-9-15-13)8-10-18(16,17)14(2,3)4/h8,13,15H,5-7,9-11H2,1-4H3. The van der Waals surface area contributed by atoms with Crippen LogP contribution < -0.4 is 5.32 Å². The van der Waals surface area contributed by atoms with Gasteiger partial charge in [-0.3, -0.25) is 0 Å². The van der Waals surface area contributed by atoms with Crippen LogP contribution in [0.5, 0.6) is 0 Å². The van der Waals surface area contributed by atoms with E-state index in [1.54, 1.807) is 20.8 Å². The predicted molar refractivity (Wildman–Crippen MR) is 77.6 cm³/mol. The van der Waals surface area contributed by atoms with Crippen molar-refractivity contribution < 1.29 is 8.42 Å². The van der Waals surface area contributed by atoms with Crippen molar-refractivity contribution in [3.05, 3.63) is 11.6 Å². The molecule has 1 saturated heterocycles. The Morgan fingerprint density at radius 1 is 1.33 bits per heavy atom. The molecule has 4 heteroatoms. The fraction of sp³-hybridized carbons (Fsp3) is 0.857. The Kier molecular flexibility index (Phi) is 5.41. The molecule has 0 aromatic rings. The van der Waals surface area contributed by atoms with Gasteiger partial charge in [-0.25, -0.2) is 8.42 Å². The Balaban J connectivity index is 2.51. The van der Waals surface area contributed by atoms with Crippen LogP contribution >= 0.6 is 0 Å². The third-order valence-electron chi connectivity index (χ3n) is 3.56. The molecule has 0 aliphatic carbocycles. The first-order valence-electron chi connectivity index (χ1n) is 6.84. The zero-order valence-electron chi connectivity index (χ0n) is 12.1. The second-order valence-electron chi connectivity index (χ2n) is 6.30. The molecule has 0 bridgehead atoms. The molecule has 0 spiro atoms. The van der Waals surface area contributed by atoms with Crippen LogP contribution in [0.25, 0.3) is 0 Å². The third kappa shape index (κ3) is 4.73. The van der Waals surface area contributed by atoms with Gasteiger partial charge in [0.05, 0.1) is 10.5 Å². The molecule has 0 aromatic heterocycles. The van der Waals surface area contributed by atoms with Gasteiger partial charge < -0.3 is 5.32 Å². The minimum absolute atomic E-state index is 0.162. The zero-order valence-corrected chi connectivity index (χ0v) is 12.9. The Hall–Kier alpha value is -0.350. The Labute approximate surface area is 112 Å². The van der Waals surface area contributed by atoms with Crippen LogP contribution in [0.3, 0.4) is 0 Å². The fourth-order valence-corrected chi connectivity index (χ4v) is 3.08. The molecule has 1 unspecified atom stereocenters. The molecule has 1 aliphatic rings. The number of rotatable bonds is 4. The van der Waals surface area contributed by atoms with Crippen molar-refractivity contribution in [3.8, 4) is 0 Å². The maximum absolute atomic E-state index is 12.0. The minimum atomic E-state index is -3.03. The van der Waals surface area contributed by atoms with Crippen LogP contribution in [0.1, 0.15) is 53.4 Å². The highest BCUT2D eigenvalue weighted by molar-refractivity contribution is 7.92. The van der Waals surface area contributed by atoms with E-state index in [0.29, 0.717) is 6.04 Å². The summed E-state index contributed by atoms with van der Waals surface area (Å²) < 4.78 is 23.3. The molecular weight excluding hydrogens is 246 g/mol. The van der Waals surface area contributed by atoms with Gasteiger partial charge in [0.25, 0.3) is 0 Å². The average Bonchev–Trinajstić information content (AvgIpc) is 2.26. The highest BCUT2D eigenvalue weighted by atomic mass is 32.2. The van der Waals surface area contributed by atoms with Crippen LogP contribution in [-0.4, -0.2) is 31.5 Å². The van der Waals surface area contributed by atoms with E-state index in [2.05, 4.69) is 5.32 Å². The van der Waals surface area contributed by atoms with E-state index in [9.17, 15) is 8.42 Å². The van der Waals surface area contributed by atoms with Crippen molar-refractivity contribution in [2.75, 3.05) is 12.3 Å². The summed E-state index contributed by atoms with van der Waals surface area (Å²) in [5, 5.41) is 3.49. The number of hydrogen-bond acceptors (Lipinski definition) is 3. The summed E-state index contributed by atoms with van der Waals surface area (Å²) >= 11 is 0. The van der Waals surface area contributed by atoms with Crippen LogP contribution in [0.15, 0.2) is 11.6 Å². The van der Waals surface area contributed by atoms with Crippen molar-refractivity contribution in [3.63, 3.8) is 0 Å². The molecule has 1 N–H and O–H groups in total. The maximum Gasteiger partial charge on any atom is 0.158 e. The van der Waals surface area contributed by atoms with Crippen molar-refractivity contribution in [2.24, 2.45) is 0 Å². The van der Waals surface area contributed by atoms with Crippen LogP contribution in [0.2, 0.25) is 0 Å². The van der Waals surface area contributed by atoms with Crippen molar-refractivity contribution >= 4 is 9.84 Å². The molecule has 106 valence electrons. The first-order chi connectivity index (χ1) is 8.22. The van der Waals surface area contributed by atoms with Crippen LogP contribution in [0, 0.1) is 0 Å². The molecule has 1 fully saturated rings. The van der Waals surface area contributed by atoms with Gasteiger partial charge >= 0.3 is 0 Å². The first-order valence-corrected chi connectivity index (χ1v) is 8.49. The summed E-state index contributed by atoms with van der Waals surface area (Å²) in [6.07, 6.45) is 6.61. The Bertz CT molecular complexity index is 385. The lowest BCUT2D eigenvalue weighted by Gasteiger charge is -2.24. The molecule has 18 heavy (non-hydrogen) atoms. The molecule has 0 amide bonds. The number of nitrogens with one attached hydrogen (secondary N) is 1. The van der Waals surface area contributed by atoms with Gasteiger partial charge in [-0.1, -0.05) is 18.1 Å². The smallest absolute Gasteiger partial charge is 0.158 e. The van der Waals surface area contributed by atoms with Gasteiger partial charge in [-0.05, 0) is 53.5 Å². The molecule has 0 radical (unpaired) electrons. The van der Waals surface area contributed by atoms with Gasteiger partial charge in [0.15, 0.2) is 9.84 Å².